The Labute approximate surface area is 438 Å². The average molecular weight is 988 g/mol. The molecule has 0 spiro atoms. The highest BCUT2D eigenvalue weighted by atomic mass is 16.6. The SMILES string of the molecule is CCCCC/C=C\C/C=C\C/C=C\CCCCCCCCC(=O)OC[C@@H](COC(=O)CCCC/C=C\C/C=C\C/C=C\CCCCC)OC(=O)CCCCCCCCCCC/C=C\C/C=C\CCCCC. The van der Waals surface area contributed by atoms with E-state index in [0.29, 0.717) is 19.3 Å². The zero-order valence-corrected chi connectivity index (χ0v) is 46.5. The molecule has 0 aromatic carbocycles. The topological polar surface area (TPSA) is 78.9 Å². The third kappa shape index (κ3) is 57.1. The van der Waals surface area contributed by atoms with Gasteiger partial charge in [-0.25, -0.2) is 0 Å². The van der Waals surface area contributed by atoms with Crippen molar-refractivity contribution >= 4 is 17.9 Å². The fourth-order valence-corrected chi connectivity index (χ4v) is 8.01. The Balaban J connectivity index is 4.46. The highest BCUT2D eigenvalue weighted by molar-refractivity contribution is 5.71. The van der Waals surface area contributed by atoms with Crippen LogP contribution in [0.2, 0.25) is 0 Å². The predicted octanol–water partition coefficient (Wildman–Crippen LogP) is 20.1. The van der Waals surface area contributed by atoms with Crippen LogP contribution in [0.25, 0.3) is 0 Å². The zero-order chi connectivity index (χ0) is 51.4. The van der Waals surface area contributed by atoms with Crippen LogP contribution in [0.5, 0.6) is 0 Å². The van der Waals surface area contributed by atoms with Gasteiger partial charge in [0.25, 0.3) is 0 Å². The van der Waals surface area contributed by atoms with Crippen LogP contribution in [0.1, 0.15) is 278 Å². The Morgan fingerprint density at radius 2 is 0.507 bits per heavy atom. The maximum absolute atomic E-state index is 12.9. The maximum atomic E-state index is 12.9. The molecule has 0 aliphatic carbocycles. The Bertz CT molecular complexity index is 1410. The minimum Gasteiger partial charge on any atom is -0.462 e. The summed E-state index contributed by atoms with van der Waals surface area (Å²) in [6.45, 7) is 6.52. The molecule has 0 heterocycles. The third-order valence-electron chi connectivity index (χ3n) is 12.5. The molecular weight excluding hydrogens is 877 g/mol. The van der Waals surface area contributed by atoms with Crippen molar-refractivity contribution in [2.24, 2.45) is 0 Å². The second-order valence-corrected chi connectivity index (χ2v) is 19.5. The van der Waals surface area contributed by atoms with E-state index in [1.165, 1.54) is 141 Å². The summed E-state index contributed by atoms with van der Waals surface area (Å²) in [5, 5.41) is 0. The van der Waals surface area contributed by atoms with Crippen LogP contribution < -0.4 is 0 Å². The first-order valence-electron chi connectivity index (χ1n) is 29.7. The number of ether oxygens (including phenoxy) is 3. The smallest absolute Gasteiger partial charge is 0.306 e. The van der Waals surface area contributed by atoms with Crippen molar-refractivity contribution in [3.63, 3.8) is 0 Å². The fourth-order valence-electron chi connectivity index (χ4n) is 8.01. The molecule has 6 heteroatoms. The van der Waals surface area contributed by atoms with Gasteiger partial charge in [-0.15, -0.1) is 0 Å². The highest BCUT2D eigenvalue weighted by Crippen LogP contribution is 2.14. The molecule has 0 fully saturated rings. The molecule has 406 valence electrons. The first-order chi connectivity index (χ1) is 35.0. The largest absolute Gasteiger partial charge is 0.462 e. The van der Waals surface area contributed by atoms with E-state index >= 15 is 0 Å². The number of hydrogen-bond acceptors (Lipinski definition) is 6. The summed E-state index contributed by atoms with van der Waals surface area (Å²) >= 11 is 0. The first-order valence-corrected chi connectivity index (χ1v) is 29.7. The summed E-state index contributed by atoms with van der Waals surface area (Å²) in [5.41, 5.74) is 0. The molecular formula is C65H110O6. The van der Waals surface area contributed by atoms with E-state index in [-0.39, 0.29) is 31.1 Å². The standard InChI is InChI=1S/C65H110O6/c1-4-7-10-13-16-19-22-25-28-30-32-34-37-40-43-46-49-52-55-58-64(67)70-61-62(60-69-63(66)57-54-51-48-45-42-39-36-27-24-21-18-15-12-9-6-3)71-65(68)59-56-53-50-47-44-41-38-35-33-31-29-26-23-20-17-14-11-8-5-2/h16-21,25-29,32,34,36,42,45,62H,4-15,22-24,30-31,33,35,37-41,43-44,46-61H2,1-3H3/b19-16-,20-17-,21-18-,28-25-,29-26-,34-32-,36-27-,45-42-/t62-/m1/s1. The van der Waals surface area contributed by atoms with Crippen molar-refractivity contribution in [1.82, 2.24) is 0 Å². The normalized spacial score (nSPS) is 12.8. The summed E-state index contributed by atoms with van der Waals surface area (Å²) in [4.78, 5) is 38.2. The van der Waals surface area contributed by atoms with Crippen molar-refractivity contribution in [2.45, 2.75) is 284 Å². The van der Waals surface area contributed by atoms with Gasteiger partial charge >= 0.3 is 17.9 Å². The molecule has 0 rings (SSSR count). The summed E-state index contributed by atoms with van der Waals surface area (Å²) < 4.78 is 16.8. The van der Waals surface area contributed by atoms with Crippen LogP contribution in [0.15, 0.2) is 97.2 Å². The van der Waals surface area contributed by atoms with Crippen LogP contribution in [-0.2, 0) is 28.6 Å². The van der Waals surface area contributed by atoms with E-state index in [1.807, 2.05) is 0 Å². The van der Waals surface area contributed by atoms with Gasteiger partial charge in [0.05, 0.1) is 0 Å². The second kappa shape index (κ2) is 58.9. The van der Waals surface area contributed by atoms with Crippen molar-refractivity contribution in [3.8, 4) is 0 Å². The van der Waals surface area contributed by atoms with Gasteiger partial charge in [0.15, 0.2) is 6.10 Å². The Morgan fingerprint density at radius 1 is 0.282 bits per heavy atom. The van der Waals surface area contributed by atoms with Crippen LogP contribution >= 0.6 is 0 Å². The van der Waals surface area contributed by atoms with Gasteiger partial charge in [-0.05, 0) is 128 Å². The molecule has 0 aromatic heterocycles. The van der Waals surface area contributed by atoms with Crippen LogP contribution in [0.4, 0.5) is 0 Å². The molecule has 0 aliphatic heterocycles. The van der Waals surface area contributed by atoms with Gasteiger partial charge in [0, 0.05) is 19.3 Å². The van der Waals surface area contributed by atoms with E-state index in [9.17, 15) is 14.4 Å². The first kappa shape index (κ1) is 67.3. The molecule has 0 aliphatic rings. The van der Waals surface area contributed by atoms with Crippen molar-refractivity contribution in [1.29, 1.82) is 0 Å². The lowest BCUT2D eigenvalue weighted by atomic mass is 10.1. The van der Waals surface area contributed by atoms with Crippen molar-refractivity contribution in [2.75, 3.05) is 13.2 Å². The number of carbonyl (C=O) groups excluding carboxylic acids is 3. The molecule has 0 radical (unpaired) electrons. The number of hydrogen-bond donors (Lipinski definition) is 0. The van der Waals surface area contributed by atoms with Crippen molar-refractivity contribution < 1.29 is 28.6 Å². The molecule has 1 atom stereocenters. The Kier molecular flexibility index (Phi) is 55.9. The van der Waals surface area contributed by atoms with Crippen molar-refractivity contribution in [3.05, 3.63) is 97.2 Å². The number of unbranched alkanes of at least 4 members (excludes halogenated alkanes) is 26. The summed E-state index contributed by atoms with van der Waals surface area (Å²) in [7, 11) is 0. The summed E-state index contributed by atoms with van der Waals surface area (Å²) in [5.74, 6) is -0.949. The van der Waals surface area contributed by atoms with Crippen LogP contribution in [0.3, 0.4) is 0 Å². The zero-order valence-electron chi connectivity index (χ0n) is 46.5. The minimum absolute atomic E-state index is 0.0986. The summed E-state index contributed by atoms with van der Waals surface area (Å²) in [6, 6.07) is 0. The molecule has 0 bridgehead atoms. The number of esters is 3. The minimum atomic E-state index is -0.803. The number of rotatable bonds is 53. The van der Waals surface area contributed by atoms with E-state index in [4.69, 9.17) is 14.2 Å². The lowest BCUT2D eigenvalue weighted by Gasteiger charge is -2.18. The Hall–Kier alpha value is -3.67. The van der Waals surface area contributed by atoms with Gasteiger partial charge in [-0.1, -0.05) is 227 Å². The second-order valence-electron chi connectivity index (χ2n) is 19.5. The quantitative estimate of drug-likeness (QED) is 0.0261. The monoisotopic (exact) mass is 987 g/mol. The van der Waals surface area contributed by atoms with Crippen LogP contribution in [0, 0.1) is 0 Å². The average Bonchev–Trinajstić information content (AvgIpc) is 3.37. The molecule has 0 amide bonds. The van der Waals surface area contributed by atoms with Gasteiger partial charge < -0.3 is 14.2 Å². The highest BCUT2D eigenvalue weighted by Gasteiger charge is 2.19. The third-order valence-corrected chi connectivity index (χ3v) is 12.5. The Morgan fingerprint density at radius 3 is 0.817 bits per heavy atom. The van der Waals surface area contributed by atoms with Gasteiger partial charge in [0.2, 0.25) is 0 Å². The number of allylic oxidation sites excluding steroid dienone is 16. The molecule has 0 saturated carbocycles. The molecule has 6 nitrogen and oxygen atoms in total. The lowest BCUT2D eigenvalue weighted by molar-refractivity contribution is -0.167. The molecule has 71 heavy (non-hydrogen) atoms. The van der Waals surface area contributed by atoms with E-state index < -0.39 is 6.10 Å². The van der Waals surface area contributed by atoms with Gasteiger partial charge in [0.1, 0.15) is 13.2 Å². The van der Waals surface area contributed by atoms with Gasteiger partial charge in [-0.2, -0.15) is 0 Å². The summed E-state index contributed by atoms with van der Waals surface area (Å²) in [6.07, 6.45) is 78.2. The van der Waals surface area contributed by atoms with E-state index in [1.54, 1.807) is 0 Å². The molecule has 0 aromatic rings. The fraction of sp³-hybridized carbons (Fsp3) is 0.708. The molecule has 0 unspecified atom stereocenters. The van der Waals surface area contributed by atoms with E-state index in [0.717, 1.165) is 96.3 Å². The molecule has 0 saturated heterocycles. The van der Waals surface area contributed by atoms with E-state index in [2.05, 4.69) is 118 Å². The maximum Gasteiger partial charge on any atom is 0.306 e. The van der Waals surface area contributed by atoms with Gasteiger partial charge in [-0.3, -0.25) is 14.4 Å². The number of carbonyl (C=O) groups is 3. The molecule has 0 N–H and O–H groups in total. The van der Waals surface area contributed by atoms with Crippen LogP contribution in [-0.4, -0.2) is 37.2 Å². The predicted molar refractivity (Wildman–Crippen MR) is 307 cm³/mol. The lowest BCUT2D eigenvalue weighted by Crippen LogP contribution is -2.30.